The molecule has 0 fully saturated rings. The maximum Gasteiger partial charge on any atom is 0.346 e. The van der Waals surface area contributed by atoms with Crippen LogP contribution in [0.5, 0.6) is 5.75 Å². The number of fused-ring (bicyclic) bond motifs is 1. The van der Waals surface area contributed by atoms with Gasteiger partial charge in [0.15, 0.2) is 0 Å². The molecular weight excluding hydrogens is 234 g/mol. The Morgan fingerprint density at radius 3 is 2.83 bits per heavy atom. The molecule has 0 radical (unpaired) electrons. The fourth-order valence-corrected chi connectivity index (χ4v) is 1.80. The Labute approximate surface area is 104 Å². The number of carboxylic acids is 1. The van der Waals surface area contributed by atoms with Gasteiger partial charge in [0.2, 0.25) is 6.10 Å². The van der Waals surface area contributed by atoms with E-state index in [0.717, 1.165) is 0 Å². The summed E-state index contributed by atoms with van der Waals surface area (Å²) in [5.74, 6) is -0.920. The fourth-order valence-electron chi connectivity index (χ4n) is 1.80. The molecule has 1 aromatic carbocycles. The van der Waals surface area contributed by atoms with Gasteiger partial charge in [0.05, 0.1) is 12.2 Å². The zero-order valence-corrected chi connectivity index (χ0v) is 9.87. The van der Waals surface area contributed by atoms with E-state index in [4.69, 9.17) is 9.84 Å². The predicted molar refractivity (Wildman–Crippen MR) is 65.7 cm³/mol. The van der Waals surface area contributed by atoms with Gasteiger partial charge in [-0.25, -0.2) is 4.79 Å². The minimum Gasteiger partial charge on any atom is -0.478 e. The van der Waals surface area contributed by atoms with E-state index in [0.29, 0.717) is 11.4 Å². The Morgan fingerprint density at radius 1 is 1.44 bits per heavy atom. The van der Waals surface area contributed by atoms with Crippen molar-refractivity contribution in [3.05, 3.63) is 36.4 Å². The highest BCUT2D eigenvalue weighted by Gasteiger charge is 2.32. The topological polar surface area (TPSA) is 66.8 Å². The number of allylic oxidation sites excluding steroid dienone is 1. The summed E-state index contributed by atoms with van der Waals surface area (Å²) in [5.41, 5.74) is 0.595. The zero-order valence-electron chi connectivity index (χ0n) is 9.87. The number of aliphatic carboxylic acids is 1. The molecule has 0 bridgehead atoms. The summed E-state index contributed by atoms with van der Waals surface area (Å²) in [6.07, 6.45) is 1.99. The van der Waals surface area contributed by atoms with Gasteiger partial charge >= 0.3 is 5.97 Å². The van der Waals surface area contributed by atoms with E-state index < -0.39 is 12.1 Å². The summed E-state index contributed by atoms with van der Waals surface area (Å²) < 4.78 is 5.33. The first-order chi connectivity index (χ1) is 8.63. The van der Waals surface area contributed by atoms with Crippen molar-refractivity contribution in [2.45, 2.75) is 13.0 Å². The van der Waals surface area contributed by atoms with E-state index in [9.17, 15) is 9.59 Å². The van der Waals surface area contributed by atoms with Crippen LogP contribution in [-0.4, -0.2) is 29.6 Å². The van der Waals surface area contributed by atoms with E-state index in [1.54, 1.807) is 37.3 Å². The maximum atomic E-state index is 11.9. The Morgan fingerprint density at radius 2 is 2.17 bits per heavy atom. The van der Waals surface area contributed by atoms with Crippen molar-refractivity contribution in [2.75, 3.05) is 11.4 Å². The average molecular weight is 247 g/mol. The van der Waals surface area contributed by atoms with Crippen LogP contribution in [0.2, 0.25) is 0 Å². The third-order valence-corrected chi connectivity index (χ3v) is 2.62. The number of rotatable bonds is 2. The normalized spacial score (nSPS) is 18.3. The van der Waals surface area contributed by atoms with Crippen molar-refractivity contribution in [1.29, 1.82) is 0 Å². The minimum atomic E-state index is -1.08. The van der Waals surface area contributed by atoms with Crippen LogP contribution >= 0.6 is 0 Å². The highest BCUT2D eigenvalue weighted by Crippen LogP contribution is 2.33. The van der Waals surface area contributed by atoms with Crippen molar-refractivity contribution < 1.29 is 19.4 Å². The molecule has 94 valence electrons. The lowest BCUT2D eigenvalue weighted by Gasteiger charge is -2.32. The minimum absolute atomic E-state index is 0.00944. The van der Waals surface area contributed by atoms with E-state index in [1.165, 1.54) is 11.0 Å². The molecule has 0 aromatic heterocycles. The molecule has 0 aliphatic carbocycles. The smallest absolute Gasteiger partial charge is 0.346 e. The van der Waals surface area contributed by atoms with Crippen molar-refractivity contribution in [2.24, 2.45) is 0 Å². The van der Waals surface area contributed by atoms with Crippen molar-refractivity contribution >= 4 is 17.6 Å². The average Bonchev–Trinajstić information content (AvgIpc) is 2.37. The van der Waals surface area contributed by atoms with Crippen LogP contribution < -0.4 is 9.64 Å². The first-order valence-corrected chi connectivity index (χ1v) is 5.56. The summed E-state index contributed by atoms with van der Waals surface area (Å²) in [6.45, 7) is 1.74. The molecule has 1 amide bonds. The van der Waals surface area contributed by atoms with Gasteiger partial charge in [-0.3, -0.25) is 4.79 Å². The zero-order chi connectivity index (χ0) is 13.1. The molecule has 5 nitrogen and oxygen atoms in total. The van der Waals surface area contributed by atoms with E-state index >= 15 is 0 Å². The van der Waals surface area contributed by atoms with Crippen LogP contribution in [-0.2, 0) is 9.59 Å². The van der Waals surface area contributed by atoms with Gasteiger partial charge < -0.3 is 14.7 Å². The number of carboxylic acid groups (broad SMARTS) is 1. The molecule has 18 heavy (non-hydrogen) atoms. The molecule has 1 aliphatic heterocycles. The number of amides is 1. The second-order valence-corrected chi connectivity index (χ2v) is 3.86. The van der Waals surface area contributed by atoms with Gasteiger partial charge in [0, 0.05) is 0 Å². The van der Waals surface area contributed by atoms with Gasteiger partial charge in [0.1, 0.15) is 5.75 Å². The number of benzene rings is 1. The van der Waals surface area contributed by atoms with Crippen LogP contribution in [0.25, 0.3) is 0 Å². The summed E-state index contributed by atoms with van der Waals surface area (Å²) in [7, 11) is 0. The molecule has 1 atom stereocenters. The van der Waals surface area contributed by atoms with Gasteiger partial charge in [-0.15, -0.1) is 0 Å². The number of nitrogens with zero attached hydrogens (tertiary/aromatic N) is 1. The molecule has 1 unspecified atom stereocenters. The molecule has 1 aliphatic rings. The lowest BCUT2D eigenvalue weighted by molar-refractivity contribution is -0.145. The summed E-state index contributed by atoms with van der Waals surface area (Å²) in [6, 6.07) is 6.90. The highest BCUT2D eigenvalue weighted by molar-refractivity contribution is 6.03. The van der Waals surface area contributed by atoms with Crippen molar-refractivity contribution in [3.63, 3.8) is 0 Å². The number of carbonyl (C=O) groups is 2. The van der Waals surface area contributed by atoms with Gasteiger partial charge in [-0.05, 0) is 25.1 Å². The standard InChI is InChI=1S/C13H13NO4/c1-2-5-12(15)14-8-11(13(16)17)18-10-7-4-3-6-9(10)14/h2-7,11H,8H2,1H3,(H,16,17)/b5-2+. The molecule has 1 heterocycles. The lowest BCUT2D eigenvalue weighted by atomic mass is 10.2. The summed E-state index contributed by atoms with van der Waals surface area (Å²) in [5, 5.41) is 9.01. The van der Waals surface area contributed by atoms with Crippen molar-refractivity contribution in [1.82, 2.24) is 0 Å². The largest absolute Gasteiger partial charge is 0.478 e. The van der Waals surface area contributed by atoms with Crippen LogP contribution in [0.3, 0.4) is 0 Å². The molecule has 1 N–H and O–H groups in total. The molecule has 0 saturated heterocycles. The van der Waals surface area contributed by atoms with Gasteiger partial charge in [-0.1, -0.05) is 18.2 Å². The van der Waals surface area contributed by atoms with E-state index in [-0.39, 0.29) is 12.5 Å². The lowest BCUT2D eigenvalue weighted by Crippen LogP contribution is -2.46. The van der Waals surface area contributed by atoms with Gasteiger partial charge in [-0.2, -0.15) is 0 Å². The number of carbonyl (C=O) groups excluding carboxylic acids is 1. The van der Waals surface area contributed by atoms with Crippen LogP contribution in [0, 0.1) is 0 Å². The molecule has 0 spiro atoms. The third-order valence-electron chi connectivity index (χ3n) is 2.62. The van der Waals surface area contributed by atoms with Crippen molar-refractivity contribution in [3.8, 4) is 5.75 Å². The summed E-state index contributed by atoms with van der Waals surface area (Å²) >= 11 is 0. The first kappa shape index (κ1) is 12.2. The molecular formula is C13H13NO4. The third kappa shape index (κ3) is 2.20. The molecule has 2 rings (SSSR count). The Balaban J connectivity index is 2.39. The number of hydrogen-bond donors (Lipinski definition) is 1. The molecule has 1 aromatic rings. The number of anilines is 1. The maximum absolute atomic E-state index is 11.9. The van der Waals surface area contributed by atoms with Crippen LogP contribution in [0.4, 0.5) is 5.69 Å². The van der Waals surface area contributed by atoms with Crippen LogP contribution in [0.15, 0.2) is 36.4 Å². The molecule has 5 heteroatoms. The first-order valence-electron chi connectivity index (χ1n) is 5.56. The second-order valence-electron chi connectivity index (χ2n) is 3.86. The highest BCUT2D eigenvalue weighted by atomic mass is 16.5. The van der Waals surface area contributed by atoms with Crippen LogP contribution in [0.1, 0.15) is 6.92 Å². The number of ether oxygens (including phenoxy) is 1. The SMILES string of the molecule is C/C=C/C(=O)N1CC(C(=O)O)Oc2ccccc21. The Hall–Kier alpha value is -2.30. The quantitative estimate of drug-likeness (QED) is 0.803. The number of para-hydroxylation sites is 2. The second kappa shape index (κ2) is 4.91. The van der Waals surface area contributed by atoms with E-state index in [1.807, 2.05) is 0 Å². The Kier molecular flexibility index (Phi) is 3.32. The predicted octanol–water partition coefficient (Wildman–Crippen LogP) is 1.44. The molecule has 0 saturated carbocycles. The summed E-state index contributed by atoms with van der Waals surface area (Å²) in [4.78, 5) is 24.3. The van der Waals surface area contributed by atoms with Gasteiger partial charge in [0.25, 0.3) is 5.91 Å². The fraction of sp³-hybridized carbons (Fsp3) is 0.231. The Bertz CT molecular complexity index is 509. The monoisotopic (exact) mass is 247 g/mol. The number of hydrogen-bond acceptors (Lipinski definition) is 3. The van der Waals surface area contributed by atoms with E-state index in [2.05, 4.69) is 0 Å².